The molecule has 0 aliphatic heterocycles. The van der Waals surface area contributed by atoms with Crippen molar-refractivity contribution in [3.05, 3.63) is 36.4 Å². The first-order valence-electron chi connectivity index (χ1n) is 5.01. The standard InChI is InChI=1S/C11H13N3O3/c1-3-4-7(2)14-10(15)8-5-13-9(6-12-8)11(16)17/h3,5-7H,1,4H2,2H3,(H,14,15)(H,16,17). The van der Waals surface area contributed by atoms with E-state index in [1.165, 1.54) is 0 Å². The molecule has 1 unspecified atom stereocenters. The van der Waals surface area contributed by atoms with Gasteiger partial charge in [0.05, 0.1) is 12.4 Å². The quantitative estimate of drug-likeness (QED) is 0.739. The zero-order valence-corrected chi connectivity index (χ0v) is 9.38. The van der Waals surface area contributed by atoms with Crippen molar-refractivity contribution >= 4 is 11.9 Å². The van der Waals surface area contributed by atoms with E-state index in [0.717, 1.165) is 12.4 Å². The molecule has 0 aromatic carbocycles. The Balaban J connectivity index is 2.69. The van der Waals surface area contributed by atoms with Gasteiger partial charge in [-0.25, -0.2) is 14.8 Å². The van der Waals surface area contributed by atoms with Gasteiger partial charge in [-0.2, -0.15) is 0 Å². The predicted octanol–water partition coefficient (Wildman–Crippen LogP) is 0.869. The molecule has 0 saturated carbocycles. The fraction of sp³-hybridized carbons (Fsp3) is 0.273. The lowest BCUT2D eigenvalue weighted by Crippen LogP contribution is -2.32. The third kappa shape index (κ3) is 3.67. The van der Waals surface area contributed by atoms with Gasteiger partial charge in [0.15, 0.2) is 5.69 Å². The van der Waals surface area contributed by atoms with Crippen molar-refractivity contribution in [1.29, 1.82) is 0 Å². The number of rotatable bonds is 5. The number of nitrogens with one attached hydrogen (secondary N) is 1. The largest absolute Gasteiger partial charge is 0.476 e. The predicted molar refractivity (Wildman–Crippen MR) is 60.7 cm³/mol. The molecule has 1 heterocycles. The van der Waals surface area contributed by atoms with Crippen molar-refractivity contribution in [2.75, 3.05) is 0 Å². The summed E-state index contributed by atoms with van der Waals surface area (Å²) in [6.07, 6.45) is 4.53. The van der Waals surface area contributed by atoms with E-state index in [1.807, 2.05) is 6.92 Å². The zero-order valence-electron chi connectivity index (χ0n) is 9.38. The number of nitrogens with zero attached hydrogens (tertiary/aromatic N) is 2. The molecule has 0 aliphatic carbocycles. The number of amides is 1. The topological polar surface area (TPSA) is 92.2 Å². The Bertz CT molecular complexity index is 428. The second kappa shape index (κ2) is 5.74. The Morgan fingerprint density at radius 3 is 2.53 bits per heavy atom. The van der Waals surface area contributed by atoms with Crippen LogP contribution in [0, 0.1) is 0 Å². The summed E-state index contributed by atoms with van der Waals surface area (Å²) < 4.78 is 0. The average Bonchev–Trinajstić information content (AvgIpc) is 2.29. The molecule has 1 aromatic heterocycles. The summed E-state index contributed by atoms with van der Waals surface area (Å²) in [4.78, 5) is 29.5. The first kappa shape index (κ1) is 12.8. The maximum atomic E-state index is 11.6. The van der Waals surface area contributed by atoms with E-state index in [1.54, 1.807) is 6.08 Å². The highest BCUT2D eigenvalue weighted by Gasteiger charge is 2.12. The number of hydrogen-bond donors (Lipinski definition) is 2. The number of carbonyl (C=O) groups excluding carboxylic acids is 1. The average molecular weight is 235 g/mol. The molecule has 0 spiro atoms. The molecular weight excluding hydrogens is 222 g/mol. The zero-order chi connectivity index (χ0) is 12.8. The number of carboxylic acids is 1. The third-order valence-corrected chi connectivity index (χ3v) is 2.00. The van der Waals surface area contributed by atoms with Gasteiger partial charge in [-0.05, 0) is 13.3 Å². The van der Waals surface area contributed by atoms with E-state index in [0.29, 0.717) is 6.42 Å². The first-order chi connectivity index (χ1) is 8.04. The van der Waals surface area contributed by atoms with Crippen molar-refractivity contribution < 1.29 is 14.7 Å². The van der Waals surface area contributed by atoms with E-state index in [-0.39, 0.29) is 23.3 Å². The monoisotopic (exact) mass is 235 g/mol. The van der Waals surface area contributed by atoms with Crippen LogP contribution in [-0.4, -0.2) is 33.0 Å². The fourth-order valence-corrected chi connectivity index (χ4v) is 1.16. The first-order valence-corrected chi connectivity index (χ1v) is 5.01. The van der Waals surface area contributed by atoms with E-state index >= 15 is 0 Å². The lowest BCUT2D eigenvalue weighted by molar-refractivity contribution is 0.0689. The lowest BCUT2D eigenvalue weighted by Gasteiger charge is -2.10. The van der Waals surface area contributed by atoms with Gasteiger partial charge >= 0.3 is 5.97 Å². The summed E-state index contributed by atoms with van der Waals surface area (Å²) >= 11 is 0. The highest BCUT2D eigenvalue weighted by molar-refractivity contribution is 5.92. The van der Waals surface area contributed by atoms with Crippen molar-refractivity contribution in [2.24, 2.45) is 0 Å². The normalized spacial score (nSPS) is 11.6. The van der Waals surface area contributed by atoms with Gasteiger partial charge in [0.25, 0.3) is 5.91 Å². The van der Waals surface area contributed by atoms with Crippen LogP contribution in [0.25, 0.3) is 0 Å². The Hall–Kier alpha value is -2.24. The Morgan fingerprint density at radius 2 is 2.06 bits per heavy atom. The number of carboxylic acid groups (broad SMARTS) is 1. The molecule has 90 valence electrons. The van der Waals surface area contributed by atoms with E-state index in [2.05, 4.69) is 21.9 Å². The van der Waals surface area contributed by atoms with E-state index < -0.39 is 5.97 Å². The van der Waals surface area contributed by atoms with Crippen LogP contribution < -0.4 is 5.32 Å². The summed E-state index contributed by atoms with van der Waals surface area (Å²) in [6, 6.07) is -0.0547. The molecule has 1 rings (SSSR count). The maximum Gasteiger partial charge on any atom is 0.356 e. The minimum absolute atomic E-state index is 0.0547. The molecule has 1 aromatic rings. The minimum Gasteiger partial charge on any atom is -0.476 e. The molecule has 0 radical (unpaired) electrons. The molecule has 0 fully saturated rings. The summed E-state index contributed by atoms with van der Waals surface area (Å²) in [5.41, 5.74) is -0.105. The number of aromatic nitrogens is 2. The SMILES string of the molecule is C=CCC(C)NC(=O)c1cnc(C(=O)O)cn1. The van der Waals surface area contributed by atoms with E-state index in [4.69, 9.17) is 5.11 Å². The number of carbonyl (C=O) groups is 2. The van der Waals surface area contributed by atoms with Gasteiger partial charge in [0, 0.05) is 6.04 Å². The molecule has 0 saturated heterocycles. The lowest BCUT2D eigenvalue weighted by atomic mass is 10.2. The minimum atomic E-state index is -1.18. The molecule has 6 heteroatoms. The Morgan fingerprint density at radius 1 is 1.47 bits per heavy atom. The molecule has 1 amide bonds. The molecule has 1 atom stereocenters. The highest BCUT2D eigenvalue weighted by atomic mass is 16.4. The van der Waals surface area contributed by atoms with Gasteiger partial charge in [-0.15, -0.1) is 6.58 Å². The summed E-state index contributed by atoms with van der Waals surface area (Å²) in [5, 5.41) is 11.3. The van der Waals surface area contributed by atoms with Gasteiger partial charge in [0.2, 0.25) is 0 Å². The van der Waals surface area contributed by atoms with E-state index in [9.17, 15) is 9.59 Å². The highest BCUT2D eigenvalue weighted by Crippen LogP contribution is 1.98. The van der Waals surface area contributed by atoms with Gasteiger partial charge < -0.3 is 10.4 Å². The van der Waals surface area contributed by atoms with Crippen molar-refractivity contribution in [1.82, 2.24) is 15.3 Å². The summed E-state index contributed by atoms with van der Waals surface area (Å²) in [5.74, 6) is -1.56. The van der Waals surface area contributed by atoms with Crippen molar-refractivity contribution in [3.8, 4) is 0 Å². The van der Waals surface area contributed by atoms with Crippen LogP contribution in [0.5, 0.6) is 0 Å². The second-order valence-electron chi connectivity index (χ2n) is 3.49. The number of aromatic carboxylic acids is 1. The summed E-state index contributed by atoms with van der Waals surface area (Å²) in [6.45, 7) is 5.40. The molecule has 6 nitrogen and oxygen atoms in total. The Labute approximate surface area is 98.4 Å². The Kier molecular flexibility index (Phi) is 4.33. The second-order valence-corrected chi connectivity index (χ2v) is 3.49. The van der Waals surface area contributed by atoms with Crippen LogP contribution in [0.15, 0.2) is 25.0 Å². The third-order valence-electron chi connectivity index (χ3n) is 2.00. The van der Waals surface area contributed by atoms with Gasteiger partial charge in [-0.1, -0.05) is 6.08 Å². The maximum absolute atomic E-state index is 11.6. The van der Waals surface area contributed by atoms with Gasteiger partial charge in [-0.3, -0.25) is 4.79 Å². The molecule has 0 bridgehead atoms. The van der Waals surface area contributed by atoms with Crippen molar-refractivity contribution in [2.45, 2.75) is 19.4 Å². The number of hydrogen-bond acceptors (Lipinski definition) is 4. The molecular formula is C11H13N3O3. The van der Waals surface area contributed by atoms with Crippen LogP contribution in [-0.2, 0) is 0 Å². The van der Waals surface area contributed by atoms with Crippen LogP contribution in [0.2, 0.25) is 0 Å². The van der Waals surface area contributed by atoms with Gasteiger partial charge in [0.1, 0.15) is 5.69 Å². The van der Waals surface area contributed by atoms with Crippen LogP contribution in [0.3, 0.4) is 0 Å². The van der Waals surface area contributed by atoms with Crippen LogP contribution in [0.1, 0.15) is 34.3 Å². The smallest absolute Gasteiger partial charge is 0.356 e. The molecule has 0 aliphatic rings. The van der Waals surface area contributed by atoms with Crippen LogP contribution in [0.4, 0.5) is 0 Å². The van der Waals surface area contributed by atoms with Crippen molar-refractivity contribution in [3.63, 3.8) is 0 Å². The van der Waals surface area contributed by atoms with Crippen LogP contribution >= 0.6 is 0 Å². The summed E-state index contributed by atoms with van der Waals surface area (Å²) in [7, 11) is 0. The fourth-order valence-electron chi connectivity index (χ4n) is 1.16. The molecule has 17 heavy (non-hydrogen) atoms. The molecule has 2 N–H and O–H groups in total.